The molecular weight excluding hydrogens is 393 g/mol. The van der Waals surface area contributed by atoms with Crippen molar-refractivity contribution >= 4 is 51.8 Å². The third-order valence-electron chi connectivity index (χ3n) is 3.68. The van der Waals surface area contributed by atoms with Crippen molar-refractivity contribution < 1.29 is 5.11 Å². The second-order valence-electron chi connectivity index (χ2n) is 5.24. The lowest BCUT2D eigenvalue weighted by molar-refractivity contribution is 0.476. The first kappa shape index (κ1) is 18.0. The molecule has 1 aliphatic carbocycles. The molecule has 4 nitrogen and oxygen atoms in total. The van der Waals surface area contributed by atoms with Crippen molar-refractivity contribution in [1.82, 2.24) is 0 Å². The second kappa shape index (κ2) is 7.23. The number of hydrogen-bond acceptors (Lipinski definition) is 3. The third kappa shape index (κ3) is 3.19. The summed E-state index contributed by atoms with van der Waals surface area (Å²) in [5, 5.41) is 19.3. The van der Waals surface area contributed by atoms with Gasteiger partial charge in [-0.3, -0.25) is 0 Å². The summed E-state index contributed by atoms with van der Waals surface area (Å²) in [5.74, 6) is -0.212. The van der Waals surface area contributed by atoms with Gasteiger partial charge >= 0.3 is 0 Å². The molecule has 0 unspecified atom stereocenters. The maximum Gasteiger partial charge on any atom is 0.271 e. The maximum atomic E-state index is 9.68. The molecule has 2 aromatic carbocycles. The fraction of sp³-hybridized carbons (Fsp3) is 0. The number of rotatable bonds is 1. The van der Waals surface area contributed by atoms with Gasteiger partial charge in [0.2, 0.25) is 0 Å². The van der Waals surface area contributed by atoms with Crippen LogP contribution in [-0.4, -0.2) is 10.8 Å². The zero-order valence-corrected chi connectivity index (χ0v) is 15.2. The van der Waals surface area contributed by atoms with Crippen LogP contribution in [0.4, 0.5) is 5.69 Å². The second-order valence-corrected chi connectivity index (χ2v) is 6.46. The van der Waals surface area contributed by atoms with E-state index in [0.717, 1.165) is 0 Å². The highest BCUT2D eigenvalue weighted by molar-refractivity contribution is 6.41. The zero-order chi connectivity index (χ0) is 18.8. The van der Waals surface area contributed by atoms with Gasteiger partial charge in [0.25, 0.3) is 5.70 Å². The molecule has 0 aliphatic heterocycles. The molecule has 0 aromatic heterocycles. The number of nitriles is 1. The smallest absolute Gasteiger partial charge is 0.271 e. The minimum atomic E-state index is -0.212. The topological polar surface area (TPSA) is 60.7 Å². The molecule has 3 rings (SSSR count). The number of nitrogens with zero attached hydrogens (tertiary/aromatic N) is 3. The molecule has 26 heavy (non-hydrogen) atoms. The van der Waals surface area contributed by atoms with E-state index in [4.69, 9.17) is 41.4 Å². The SMILES string of the molecule is [C-]#[N+]/C(C#N)=C1/C(Cl)=CC(=Nc2cc(Cl)c(O)c(Cl)c2)c2ccccc21. The highest BCUT2D eigenvalue weighted by atomic mass is 35.5. The summed E-state index contributed by atoms with van der Waals surface area (Å²) in [5.41, 5.74) is 2.59. The van der Waals surface area contributed by atoms with Crippen molar-refractivity contribution in [1.29, 1.82) is 5.26 Å². The van der Waals surface area contributed by atoms with Crippen LogP contribution in [0.3, 0.4) is 0 Å². The maximum absolute atomic E-state index is 9.68. The van der Waals surface area contributed by atoms with Crippen LogP contribution in [0.2, 0.25) is 10.0 Å². The Kier molecular flexibility index (Phi) is 5.02. The molecule has 0 amide bonds. The highest BCUT2D eigenvalue weighted by Crippen LogP contribution is 2.39. The summed E-state index contributed by atoms with van der Waals surface area (Å²) >= 11 is 18.2. The van der Waals surface area contributed by atoms with Gasteiger partial charge in [0, 0.05) is 16.2 Å². The van der Waals surface area contributed by atoms with Crippen LogP contribution in [0.1, 0.15) is 11.1 Å². The highest BCUT2D eigenvalue weighted by Gasteiger charge is 2.23. The average Bonchev–Trinajstić information content (AvgIpc) is 2.63. The third-order valence-corrected chi connectivity index (χ3v) is 4.55. The standard InChI is InChI=1S/C19H8Cl3N3O/c1-24-17(9-23)18-12-5-3-2-4-11(12)16(8-13(18)20)25-10-6-14(21)19(26)15(22)7-10/h2-8,26H/b18-17+,25-16?. The molecule has 1 aliphatic rings. The first-order valence-electron chi connectivity index (χ1n) is 7.22. The van der Waals surface area contributed by atoms with Crippen LogP contribution < -0.4 is 0 Å². The van der Waals surface area contributed by atoms with Gasteiger partial charge in [-0.2, -0.15) is 0 Å². The molecule has 0 spiro atoms. The summed E-state index contributed by atoms with van der Waals surface area (Å²) in [6, 6.07) is 12.0. The summed E-state index contributed by atoms with van der Waals surface area (Å²) in [6.07, 6.45) is 1.58. The molecule has 0 bridgehead atoms. The van der Waals surface area contributed by atoms with E-state index in [-0.39, 0.29) is 26.5 Å². The number of fused-ring (bicyclic) bond motifs is 1. The van der Waals surface area contributed by atoms with Crippen molar-refractivity contribution in [3.8, 4) is 11.8 Å². The fourth-order valence-corrected chi connectivity index (χ4v) is 3.32. The number of allylic oxidation sites excluding steroid dienone is 4. The Labute approximate surface area is 164 Å². The van der Waals surface area contributed by atoms with Crippen molar-refractivity contribution in [3.05, 3.63) is 85.8 Å². The molecule has 0 saturated carbocycles. The summed E-state index contributed by atoms with van der Waals surface area (Å²) in [4.78, 5) is 7.77. The van der Waals surface area contributed by atoms with Crippen LogP contribution in [0.25, 0.3) is 10.4 Å². The normalized spacial score (nSPS) is 16.3. The Morgan fingerprint density at radius 3 is 2.31 bits per heavy atom. The molecule has 1 N–H and O–H groups in total. The van der Waals surface area contributed by atoms with E-state index in [9.17, 15) is 10.4 Å². The zero-order valence-electron chi connectivity index (χ0n) is 13.0. The molecule has 0 fully saturated rings. The van der Waals surface area contributed by atoms with Crippen molar-refractivity contribution in [2.75, 3.05) is 0 Å². The number of benzene rings is 2. The Balaban J connectivity index is 2.25. The summed E-state index contributed by atoms with van der Waals surface area (Å²) in [7, 11) is 0. The molecule has 0 saturated heterocycles. The number of aliphatic imine (C=N–C) groups is 1. The number of aromatic hydroxyl groups is 1. The van der Waals surface area contributed by atoms with E-state index < -0.39 is 0 Å². The number of hydrogen-bond donors (Lipinski definition) is 1. The van der Waals surface area contributed by atoms with Gasteiger partial charge in [0.05, 0.1) is 34.1 Å². The number of halogens is 3. The van der Waals surface area contributed by atoms with Gasteiger partial charge in [-0.05, 0) is 23.8 Å². The lowest BCUT2D eigenvalue weighted by atomic mass is 9.90. The van der Waals surface area contributed by atoms with E-state index in [1.54, 1.807) is 18.2 Å². The monoisotopic (exact) mass is 399 g/mol. The van der Waals surface area contributed by atoms with Crippen LogP contribution in [0.5, 0.6) is 5.75 Å². The Morgan fingerprint density at radius 2 is 1.73 bits per heavy atom. The fourth-order valence-electron chi connectivity index (χ4n) is 2.55. The number of phenols is 1. The van der Waals surface area contributed by atoms with Crippen molar-refractivity contribution in [2.24, 2.45) is 4.99 Å². The quantitative estimate of drug-likeness (QED) is 0.463. The van der Waals surface area contributed by atoms with Crippen LogP contribution in [0.15, 0.2) is 58.2 Å². The predicted octanol–water partition coefficient (Wildman–Crippen LogP) is 6.11. The summed E-state index contributed by atoms with van der Waals surface area (Å²) < 4.78 is 0. The van der Waals surface area contributed by atoms with Gasteiger partial charge in [-0.1, -0.05) is 59.1 Å². The Bertz CT molecular complexity index is 1060. The molecule has 0 radical (unpaired) electrons. The van der Waals surface area contributed by atoms with Crippen LogP contribution >= 0.6 is 34.8 Å². The molecule has 0 heterocycles. The van der Waals surface area contributed by atoms with Gasteiger partial charge in [0.15, 0.2) is 5.75 Å². The van der Waals surface area contributed by atoms with E-state index >= 15 is 0 Å². The van der Waals surface area contributed by atoms with Crippen LogP contribution in [-0.2, 0) is 0 Å². The molecular formula is C19H8Cl3N3O. The lowest BCUT2D eigenvalue weighted by Crippen LogP contribution is -2.09. The van der Waals surface area contributed by atoms with Crippen molar-refractivity contribution in [3.63, 3.8) is 0 Å². The Morgan fingerprint density at radius 1 is 1.12 bits per heavy atom. The van der Waals surface area contributed by atoms with Gasteiger partial charge in [-0.15, -0.1) is 0 Å². The van der Waals surface area contributed by atoms with E-state index in [2.05, 4.69) is 9.84 Å². The van der Waals surface area contributed by atoms with Gasteiger partial charge < -0.3 is 5.11 Å². The molecule has 7 heteroatoms. The summed E-state index contributed by atoms with van der Waals surface area (Å²) in [6.45, 7) is 7.20. The largest absolute Gasteiger partial charge is 0.505 e. The van der Waals surface area contributed by atoms with E-state index in [0.29, 0.717) is 28.1 Å². The first-order valence-corrected chi connectivity index (χ1v) is 8.35. The predicted molar refractivity (Wildman–Crippen MR) is 104 cm³/mol. The Hall–Kier alpha value is -2.76. The average molecular weight is 401 g/mol. The number of phenolic OH excluding ortho intramolecular Hbond substituents is 1. The molecule has 126 valence electrons. The van der Waals surface area contributed by atoms with E-state index in [1.807, 2.05) is 18.2 Å². The van der Waals surface area contributed by atoms with Crippen molar-refractivity contribution in [2.45, 2.75) is 0 Å². The molecule has 2 aromatic rings. The lowest BCUT2D eigenvalue weighted by Gasteiger charge is -2.19. The minimum Gasteiger partial charge on any atom is -0.505 e. The van der Waals surface area contributed by atoms with Gasteiger partial charge in [0.1, 0.15) is 0 Å². The van der Waals surface area contributed by atoms with Gasteiger partial charge in [-0.25, -0.2) is 15.1 Å². The minimum absolute atomic E-state index is 0.0800. The van der Waals surface area contributed by atoms with E-state index in [1.165, 1.54) is 12.1 Å². The van der Waals surface area contributed by atoms with Crippen LogP contribution in [0, 0.1) is 17.9 Å². The molecule has 0 atom stereocenters. The first-order chi connectivity index (χ1) is 12.5.